The van der Waals surface area contributed by atoms with Crippen LogP contribution in [0.15, 0.2) is 42.5 Å². The molecule has 7 heteroatoms. The number of hydrogen-bond donors (Lipinski definition) is 3. The highest BCUT2D eigenvalue weighted by molar-refractivity contribution is 5.95. The van der Waals surface area contributed by atoms with Gasteiger partial charge in [-0.25, -0.2) is 4.98 Å². The molecule has 0 spiro atoms. The normalized spacial score (nSPS) is 13.6. The smallest absolute Gasteiger partial charge is 0.146 e. The van der Waals surface area contributed by atoms with Crippen LogP contribution >= 0.6 is 12.4 Å². The average molecular weight is 372 g/mol. The molecule has 0 radical (unpaired) electrons. The van der Waals surface area contributed by atoms with Gasteiger partial charge in [0, 0.05) is 24.3 Å². The van der Waals surface area contributed by atoms with Gasteiger partial charge in [0.2, 0.25) is 0 Å². The van der Waals surface area contributed by atoms with Crippen LogP contribution in [0.3, 0.4) is 0 Å². The summed E-state index contributed by atoms with van der Waals surface area (Å²) in [5, 5.41) is 7.49. The minimum Gasteiger partial charge on any atom is -0.486 e. The van der Waals surface area contributed by atoms with Crippen LogP contribution in [0.5, 0.6) is 5.75 Å². The van der Waals surface area contributed by atoms with Gasteiger partial charge in [0.1, 0.15) is 24.0 Å². The number of halogens is 1. The summed E-state index contributed by atoms with van der Waals surface area (Å²) in [6.07, 6.45) is 2.53. The van der Waals surface area contributed by atoms with Crippen molar-refractivity contribution >= 4 is 35.0 Å². The van der Waals surface area contributed by atoms with E-state index < -0.39 is 0 Å². The van der Waals surface area contributed by atoms with Gasteiger partial charge >= 0.3 is 0 Å². The van der Waals surface area contributed by atoms with Gasteiger partial charge in [-0.2, -0.15) is 0 Å². The molecule has 0 bridgehead atoms. The molecule has 1 aliphatic rings. The number of nitrogens with zero attached hydrogens (tertiary/aromatic N) is 2. The van der Waals surface area contributed by atoms with E-state index in [4.69, 9.17) is 15.9 Å². The number of benzene rings is 2. The Morgan fingerprint density at radius 2 is 2.00 bits per heavy atom. The molecule has 4 N–H and O–H groups in total. The molecule has 0 aliphatic carbocycles. The lowest BCUT2D eigenvalue weighted by molar-refractivity contribution is 0.297. The molecular weight excluding hydrogens is 350 g/mol. The Bertz CT molecular complexity index is 917. The predicted molar refractivity (Wildman–Crippen MR) is 107 cm³/mol. The maximum absolute atomic E-state index is 7.49. The molecule has 136 valence electrons. The zero-order valence-corrected chi connectivity index (χ0v) is 15.2. The molecule has 0 unspecified atom stereocenters. The average Bonchev–Trinajstić information content (AvgIpc) is 3.28. The highest BCUT2D eigenvalue weighted by Crippen LogP contribution is 2.24. The first-order chi connectivity index (χ1) is 12.2. The van der Waals surface area contributed by atoms with Gasteiger partial charge < -0.3 is 20.4 Å². The molecule has 0 amide bonds. The van der Waals surface area contributed by atoms with E-state index in [9.17, 15) is 0 Å². The zero-order valence-electron chi connectivity index (χ0n) is 14.4. The van der Waals surface area contributed by atoms with Crippen LogP contribution in [0, 0.1) is 5.41 Å². The Balaban J connectivity index is 0.00000196. The standard InChI is InChI=1S/C19H21N5O.ClH/c20-19(21)13-4-3-5-15(10-13)25-12-18-22-16-7-6-14(11-17(16)23-18)24-8-1-2-9-24;/h3-7,10-11H,1-2,8-9,12H2,(H3,20,21)(H,22,23);1H. The molecule has 4 rings (SSSR count). The minimum absolute atomic E-state index is 0. The van der Waals surface area contributed by atoms with Crippen molar-refractivity contribution in [3.8, 4) is 5.75 Å². The second kappa shape index (κ2) is 7.66. The number of nitrogens with two attached hydrogens (primary N) is 1. The van der Waals surface area contributed by atoms with E-state index in [0.717, 1.165) is 29.9 Å². The maximum atomic E-state index is 7.49. The van der Waals surface area contributed by atoms with Crippen LogP contribution in [-0.2, 0) is 6.61 Å². The van der Waals surface area contributed by atoms with E-state index in [1.54, 1.807) is 12.1 Å². The Hall–Kier alpha value is -2.73. The van der Waals surface area contributed by atoms with Gasteiger partial charge in [0.25, 0.3) is 0 Å². The largest absolute Gasteiger partial charge is 0.486 e. The molecule has 26 heavy (non-hydrogen) atoms. The van der Waals surface area contributed by atoms with Crippen molar-refractivity contribution in [2.75, 3.05) is 18.0 Å². The van der Waals surface area contributed by atoms with Crippen LogP contribution in [0.4, 0.5) is 5.69 Å². The lowest BCUT2D eigenvalue weighted by Gasteiger charge is -2.17. The number of imidazole rings is 1. The monoisotopic (exact) mass is 371 g/mol. The number of aromatic nitrogens is 2. The fourth-order valence-corrected chi connectivity index (χ4v) is 3.20. The third-order valence-electron chi connectivity index (χ3n) is 4.51. The Morgan fingerprint density at radius 1 is 1.19 bits per heavy atom. The van der Waals surface area contributed by atoms with Gasteiger partial charge in [-0.1, -0.05) is 12.1 Å². The summed E-state index contributed by atoms with van der Waals surface area (Å²) in [6, 6.07) is 13.6. The minimum atomic E-state index is 0. The molecule has 1 saturated heterocycles. The molecule has 1 aromatic heterocycles. The van der Waals surface area contributed by atoms with Gasteiger partial charge in [-0.15, -0.1) is 12.4 Å². The molecule has 0 saturated carbocycles. The molecule has 1 aliphatic heterocycles. The Labute approximate surface area is 158 Å². The maximum Gasteiger partial charge on any atom is 0.146 e. The summed E-state index contributed by atoms with van der Waals surface area (Å²) in [4.78, 5) is 10.3. The topological polar surface area (TPSA) is 91.0 Å². The number of anilines is 1. The number of H-pyrrole nitrogens is 1. The molecule has 1 fully saturated rings. The first kappa shape index (κ1) is 18.1. The van der Waals surface area contributed by atoms with Crippen molar-refractivity contribution in [2.45, 2.75) is 19.4 Å². The molecule has 6 nitrogen and oxygen atoms in total. The lowest BCUT2D eigenvalue weighted by Crippen LogP contribution is -2.17. The van der Waals surface area contributed by atoms with Crippen molar-refractivity contribution < 1.29 is 4.74 Å². The summed E-state index contributed by atoms with van der Waals surface area (Å²) in [5.74, 6) is 1.48. The van der Waals surface area contributed by atoms with Gasteiger partial charge in [0.05, 0.1) is 11.0 Å². The molecular formula is C19H22ClN5O. The summed E-state index contributed by atoms with van der Waals surface area (Å²) in [5.41, 5.74) is 9.38. The highest BCUT2D eigenvalue weighted by atomic mass is 35.5. The summed E-state index contributed by atoms with van der Waals surface area (Å²) < 4.78 is 5.79. The predicted octanol–water partition coefficient (Wildman–Crippen LogP) is 3.45. The van der Waals surface area contributed by atoms with Crippen molar-refractivity contribution in [1.82, 2.24) is 9.97 Å². The molecule has 0 atom stereocenters. The van der Waals surface area contributed by atoms with E-state index in [-0.39, 0.29) is 18.2 Å². The van der Waals surface area contributed by atoms with Crippen LogP contribution in [0.25, 0.3) is 11.0 Å². The Kier molecular flexibility index (Phi) is 5.32. The van der Waals surface area contributed by atoms with Crippen LogP contribution < -0.4 is 15.4 Å². The second-order valence-electron chi connectivity index (χ2n) is 6.31. The molecule has 2 aromatic carbocycles. The summed E-state index contributed by atoms with van der Waals surface area (Å²) in [7, 11) is 0. The highest BCUT2D eigenvalue weighted by Gasteiger charge is 2.13. The summed E-state index contributed by atoms with van der Waals surface area (Å²) >= 11 is 0. The van der Waals surface area contributed by atoms with E-state index >= 15 is 0 Å². The van der Waals surface area contributed by atoms with Crippen LogP contribution in [-0.4, -0.2) is 28.9 Å². The van der Waals surface area contributed by atoms with E-state index in [1.165, 1.54) is 18.5 Å². The van der Waals surface area contributed by atoms with E-state index in [1.807, 2.05) is 12.1 Å². The van der Waals surface area contributed by atoms with Crippen molar-refractivity contribution in [3.63, 3.8) is 0 Å². The van der Waals surface area contributed by atoms with Gasteiger partial charge in [0.15, 0.2) is 0 Å². The number of fused-ring (bicyclic) bond motifs is 1. The number of aromatic amines is 1. The molecule has 3 aromatic rings. The van der Waals surface area contributed by atoms with Crippen LogP contribution in [0.2, 0.25) is 0 Å². The van der Waals surface area contributed by atoms with Crippen molar-refractivity contribution in [3.05, 3.63) is 53.9 Å². The van der Waals surface area contributed by atoms with E-state index in [2.05, 4.69) is 33.1 Å². The van der Waals surface area contributed by atoms with Crippen molar-refractivity contribution in [2.24, 2.45) is 5.73 Å². The SMILES string of the molecule is Cl.N=C(N)c1cccc(OCc2nc3ccc(N4CCCC4)cc3[nH]2)c1. The summed E-state index contributed by atoms with van der Waals surface area (Å²) in [6.45, 7) is 2.60. The second-order valence-corrected chi connectivity index (χ2v) is 6.31. The number of rotatable bonds is 5. The number of hydrogen-bond acceptors (Lipinski definition) is 4. The Morgan fingerprint density at radius 3 is 2.77 bits per heavy atom. The first-order valence-electron chi connectivity index (χ1n) is 8.50. The third-order valence-corrected chi connectivity index (χ3v) is 4.51. The number of nitrogen functional groups attached to an aromatic ring is 1. The third kappa shape index (κ3) is 3.75. The zero-order chi connectivity index (χ0) is 17.2. The number of nitrogens with one attached hydrogen (secondary N) is 2. The fraction of sp³-hybridized carbons (Fsp3) is 0.263. The van der Waals surface area contributed by atoms with Gasteiger partial charge in [-0.3, -0.25) is 5.41 Å². The quantitative estimate of drug-likeness (QED) is 0.473. The lowest BCUT2D eigenvalue weighted by atomic mass is 10.2. The van der Waals surface area contributed by atoms with Crippen molar-refractivity contribution in [1.29, 1.82) is 5.41 Å². The number of ether oxygens (including phenoxy) is 1. The van der Waals surface area contributed by atoms with E-state index in [0.29, 0.717) is 17.9 Å². The first-order valence-corrected chi connectivity index (χ1v) is 8.50. The van der Waals surface area contributed by atoms with Crippen LogP contribution in [0.1, 0.15) is 24.2 Å². The van der Waals surface area contributed by atoms with Gasteiger partial charge in [-0.05, 0) is 43.2 Å². The number of amidine groups is 1. The fourth-order valence-electron chi connectivity index (χ4n) is 3.20. The molecule has 2 heterocycles.